The molecule has 0 fully saturated rings. The summed E-state index contributed by atoms with van der Waals surface area (Å²) in [5, 5.41) is 3.43. The van der Waals surface area contributed by atoms with Crippen LogP contribution < -0.4 is 10.7 Å². The number of benzene rings is 1. The van der Waals surface area contributed by atoms with Crippen molar-refractivity contribution in [2.75, 3.05) is 6.54 Å². The van der Waals surface area contributed by atoms with E-state index < -0.39 is 0 Å². The van der Waals surface area contributed by atoms with Gasteiger partial charge in [-0.05, 0) is 31.4 Å². The van der Waals surface area contributed by atoms with Gasteiger partial charge in [0.25, 0.3) is 5.91 Å². The third-order valence-corrected chi connectivity index (χ3v) is 3.91. The van der Waals surface area contributed by atoms with Gasteiger partial charge in [-0.3, -0.25) is 9.59 Å². The zero-order chi connectivity index (χ0) is 14.3. The molecule has 0 saturated carbocycles. The maximum atomic E-state index is 12.5. The van der Waals surface area contributed by atoms with Crippen molar-refractivity contribution < 1.29 is 4.79 Å². The number of carbonyl (C=O) groups is 1. The molecule has 1 aliphatic heterocycles. The topological polar surface area (TPSA) is 51.1 Å². The molecule has 1 N–H and O–H groups in total. The van der Waals surface area contributed by atoms with Gasteiger partial charge in [0.1, 0.15) is 5.56 Å². The average Bonchev–Trinajstić information content (AvgIpc) is 2.77. The molecule has 0 bridgehead atoms. The van der Waals surface area contributed by atoms with Crippen molar-refractivity contribution in [2.24, 2.45) is 0 Å². The third kappa shape index (κ3) is 1.83. The number of amides is 1. The molecule has 1 amide bonds. The summed E-state index contributed by atoms with van der Waals surface area (Å²) in [6, 6.07) is 6.05. The van der Waals surface area contributed by atoms with Crippen molar-refractivity contribution in [3.63, 3.8) is 0 Å². The summed E-state index contributed by atoms with van der Waals surface area (Å²) in [5.74, 6) is -0.271. The van der Waals surface area contributed by atoms with E-state index in [4.69, 9.17) is 0 Å². The molecule has 3 rings (SSSR count). The number of aromatic nitrogens is 1. The van der Waals surface area contributed by atoms with E-state index in [0.29, 0.717) is 11.9 Å². The summed E-state index contributed by atoms with van der Waals surface area (Å²) in [7, 11) is 0. The number of hydrogen-bond acceptors (Lipinski definition) is 2. The monoisotopic (exact) mass is 270 g/mol. The van der Waals surface area contributed by atoms with Crippen molar-refractivity contribution in [1.82, 2.24) is 9.88 Å². The molecular weight excluding hydrogens is 252 g/mol. The molecule has 0 saturated heterocycles. The van der Waals surface area contributed by atoms with Crippen LogP contribution in [0.4, 0.5) is 0 Å². The number of nitrogens with one attached hydrogen (secondary N) is 1. The largest absolute Gasteiger partial charge is 0.352 e. The van der Waals surface area contributed by atoms with E-state index in [1.54, 1.807) is 6.20 Å². The van der Waals surface area contributed by atoms with Crippen LogP contribution in [0.25, 0.3) is 10.9 Å². The molecule has 1 aliphatic rings. The van der Waals surface area contributed by atoms with Crippen LogP contribution in [0.15, 0.2) is 29.2 Å². The Morgan fingerprint density at radius 1 is 1.45 bits per heavy atom. The molecule has 1 aromatic carbocycles. The highest BCUT2D eigenvalue weighted by molar-refractivity contribution is 5.98. The third-order valence-electron chi connectivity index (χ3n) is 3.91. The molecule has 2 aromatic rings. The van der Waals surface area contributed by atoms with Crippen molar-refractivity contribution >= 4 is 16.8 Å². The first-order valence-electron chi connectivity index (χ1n) is 7.08. The van der Waals surface area contributed by atoms with Crippen LogP contribution in [0.3, 0.4) is 0 Å². The fourth-order valence-corrected chi connectivity index (χ4v) is 2.91. The predicted octanol–water partition coefficient (Wildman–Crippen LogP) is 2.26. The van der Waals surface area contributed by atoms with E-state index in [1.807, 2.05) is 19.1 Å². The summed E-state index contributed by atoms with van der Waals surface area (Å²) in [4.78, 5) is 24.6. The quantitative estimate of drug-likeness (QED) is 0.930. The minimum atomic E-state index is -0.271. The Morgan fingerprint density at radius 2 is 2.25 bits per heavy atom. The summed E-state index contributed by atoms with van der Waals surface area (Å²) < 4.78 is 2.06. The fraction of sp³-hybridized carbons (Fsp3) is 0.375. The lowest BCUT2D eigenvalue weighted by atomic mass is 10.1. The van der Waals surface area contributed by atoms with Gasteiger partial charge in [-0.1, -0.05) is 19.1 Å². The summed E-state index contributed by atoms with van der Waals surface area (Å²) >= 11 is 0. The van der Waals surface area contributed by atoms with Crippen molar-refractivity contribution in [3.05, 3.63) is 45.7 Å². The highest BCUT2D eigenvalue weighted by atomic mass is 16.2. The molecule has 2 heterocycles. The van der Waals surface area contributed by atoms with Crippen LogP contribution >= 0.6 is 0 Å². The van der Waals surface area contributed by atoms with Gasteiger partial charge in [0.15, 0.2) is 0 Å². The zero-order valence-electron chi connectivity index (χ0n) is 11.8. The van der Waals surface area contributed by atoms with Gasteiger partial charge in [0.05, 0.1) is 5.52 Å². The molecule has 0 aliphatic carbocycles. The fourth-order valence-electron chi connectivity index (χ4n) is 2.91. The Kier molecular flexibility index (Phi) is 3.08. The Morgan fingerprint density at radius 3 is 3.00 bits per heavy atom. The van der Waals surface area contributed by atoms with Gasteiger partial charge in [-0.2, -0.15) is 0 Å². The molecule has 4 heteroatoms. The second kappa shape index (κ2) is 4.78. The molecule has 4 nitrogen and oxygen atoms in total. The molecule has 1 unspecified atom stereocenters. The standard InChI is InChI=1S/C16H18N2O2/c1-3-7-17-16(20)13-9-18-10(2)8-11-5-4-6-12(14(11)18)15(13)19/h4-6,9-10H,3,7-8H2,1-2H3,(H,17,20). The zero-order valence-corrected chi connectivity index (χ0v) is 11.8. The number of para-hydroxylation sites is 1. The van der Waals surface area contributed by atoms with Crippen LogP contribution in [-0.2, 0) is 6.42 Å². The van der Waals surface area contributed by atoms with Crippen LogP contribution in [0.5, 0.6) is 0 Å². The number of rotatable bonds is 3. The lowest BCUT2D eigenvalue weighted by molar-refractivity contribution is 0.0952. The summed E-state index contributed by atoms with van der Waals surface area (Å²) in [6.45, 7) is 4.69. The lowest BCUT2D eigenvalue weighted by Crippen LogP contribution is -2.30. The SMILES string of the molecule is CCCNC(=O)c1cn2c3c(cccc3c1=O)CC2C. The molecular formula is C16H18N2O2. The van der Waals surface area contributed by atoms with Crippen LogP contribution in [0.1, 0.15) is 42.2 Å². The smallest absolute Gasteiger partial charge is 0.256 e. The first-order valence-corrected chi connectivity index (χ1v) is 7.08. The van der Waals surface area contributed by atoms with E-state index in [1.165, 1.54) is 5.56 Å². The van der Waals surface area contributed by atoms with E-state index in [9.17, 15) is 9.59 Å². The number of pyridine rings is 1. The average molecular weight is 270 g/mol. The molecule has 1 atom stereocenters. The van der Waals surface area contributed by atoms with Crippen molar-refractivity contribution in [1.29, 1.82) is 0 Å². The predicted molar refractivity (Wildman–Crippen MR) is 79.2 cm³/mol. The number of nitrogens with zero attached hydrogens (tertiary/aromatic N) is 1. The maximum Gasteiger partial charge on any atom is 0.256 e. The summed E-state index contributed by atoms with van der Waals surface area (Å²) in [6.07, 6.45) is 3.49. The normalized spacial score (nSPS) is 16.6. The molecule has 104 valence electrons. The first kappa shape index (κ1) is 12.9. The van der Waals surface area contributed by atoms with Crippen molar-refractivity contribution in [3.8, 4) is 0 Å². The Bertz CT molecular complexity index is 746. The second-order valence-corrected chi connectivity index (χ2v) is 5.40. The van der Waals surface area contributed by atoms with E-state index in [0.717, 1.165) is 18.4 Å². The second-order valence-electron chi connectivity index (χ2n) is 5.40. The summed E-state index contributed by atoms with van der Waals surface area (Å²) in [5.41, 5.74) is 2.25. The Labute approximate surface area is 117 Å². The van der Waals surface area contributed by atoms with E-state index in [2.05, 4.69) is 22.9 Å². The molecule has 0 spiro atoms. The number of hydrogen-bond donors (Lipinski definition) is 1. The van der Waals surface area contributed by atoms with Gasteiger partial charge in [0, 0.05) is 24.2 Å². The molecule has 0 radical (unpaired) electrons. The Hall–Kier alpha value is -2.10. The molecule has 20 heavy (non-hydrogen) atoms. The lowest BCUT2D eigenvalue weighted by Gasteiger charge is -2.12. The van der Waals surface area contributed by atoms with Gasteiger partial charge in [-0.15, -0.1) is 0 Å². The highest BCUT2D eigenvalue weighted by Crippen LogP contribution is 2.30. The minimum absolute atomic E-state index is 0.166. The van der Waals surface area contributed by atoms with Gasteiger partial charge in [0.2, 0.25) is 5.43 Å². The maximum absolute atomic E-state index is 12.5. The van der Waals surface area contributed by atoms with Gasteiger partial charge >= 0.3 is 0 Å². The first-order chi connectivity index (χ1) is 9.63. The van der Waals surface area contributed by atoms with Gasteiger partial charge in [-0.25, -0.2) is 0 Å². The molecule has 1 aromatic heterocycles. The van der Waals surface area contributed by atoms with Gasteiger partial charge < -0.3 is 9.88 Å². The number of carbonyl (C=O) groups excluding carboxylic acids is 1. The highest BCUT2D eigenvalue weighted by Gasteiger charge is 2.23. The van der Waals surface area contributed by atoms with E-state index in [-0.39, 0.29) is 22.9 Å². The van der Waals surface area contributed by atoms with E-state index >= 15 is 0 Å². The van der Waals surface area contributed by atoms with Crippen molar-refractivity contribution in [2.45, 2.75) is 32.7 Å². The Balaban J connectivity index is 2.21. The van der Waals surface area contributed by atoms with Crippen LogP contribution in [-0.4, -0.2) is 17.0 Å². The minimum Gasteiger partial charge on any atom is -0.352 e. The van der Waals surface area contributed by atoms with Crippen LogP contribution in [0, 0.1) is 0 Å². The van der Waals surface area contributed by atoms with Crippen LogP contribution in [0.2, 0.25) is 0 Å².